The maximum absolute atomic E-state index is 13.3. The predicted molar refractivity (Wildman–Crippen MR) is 55.9 cm³/mol. The monoisotopic (exact) mass is 224 g/mol. The number of benzene rings is 1. The van der Waals surface area contributed by atoms with Crippen molar-refractivity contribution in [2.75, 3.05) is 6.79 Å². The van der Waals surface area contributed by atoms with Gasteiger partial charge in [0.1, 0.15) is 11.6 Å². The molecule has 16 heavy (non-hydrogen) atoms. The average molecular weight is 224 g/mol. The number of carbonyl (C=O) groups excluding carboxylic acids is 1. The van der Waals surface area contributed by atoms with Crippen LogP contribution in [0.15, 0.2) is 12.1 Å². The van der Waals surface area contributed by atoms with E-state index in [1.807, 2.05) is 0 Å². The van der Waals surface area contributed by atoms with Crippen molar-refractivity contribution >= 4 is 5.78 Å². The summed E-state index contributed by atoms with van der Waals surface area (Å²) in [4.78, 5) is 11.9. The Bertz CT molecular complexity index is 427. The van der Waals surface area contributed by atoms with Gasteiger partial charge in [-0.25, -0.2) is 4.39 Å². The molecule has 1 heterocycles. The van der Waals surface area contributed by atoms with Crippen LogP contribution in [-0.4, -0.2) is 12.6 Å². The van der Waals surface area contributed by atoms with Crippen LogP contribution in [0.5, 0.6) is 5.75 Å². The first-order valence-electron chi connectivity index (χ1n) is 5.16. The number of halogens is 1. The van der Waals surface area contributed by atoms with Gasteiger partial charge in [-0.15, -0.1) is 0 Å². The lowest BCUT2D eigenvalue weighted by molar-refractivity contribution is -0.0170. The summed E-state index contributed by atoms with van der Waals surface area (Å²) in [6.45, 7) is 3.94. The van der Waals surface area contributed by atoms with Crippen LogP contribution in [0.2, 0.25) is 0 Å². The van der Waals surface area contributed by atoms with Gasteiger partial charge in [-0.1, -0.05) is 13.8 Å². The fourth-order valence-corrected chi connectivity index (χ4v) is 1.67. The minimum absolute atomic E-state index is 0.108. The van der Waals surface area contributed by atoms with Gasteiger partial charge in [-0.2, -0.15) is 0 Å². The lowest BCUT2D eigenvalue weighted by Crippen LogP contribution is -2.17. The van der Waals surface area contributed by atoms with E-state index < -0.39 is 5.82 Å². The number of fused-ring (bicyclic) bond motifs is 1. The molecule has 0 aromatic heterocycles. The number of Topliss-reactive ketones (excluding diaryl/α,β-unsaturated/α-hetero) is 1. The molecule has 1 aromatic carbocycles. The molecule has 0 unspecified atom stereocenters. The quantitative estimate of drug-likeness (QED) is 0.724. The standard InChI is InChI=1S/C12H13FO3/c1-7(2)11(14)10-4-9(13)3-8-5-15-6-16-12(8)10/h3-4,7H,5-6H2,1-2H3. The third-order valence-corrected chi connectivity index (χ3v) is 2.46. The maximum atomic E-state index is 13.3. The molecule has 0 atom stereocenters. The maximum Gasteiger partial charge on any atom is 0.189 e. The van der Waals surface area contributed by atoms with Crippen molar-refractivity contribution < 1.29 is 18.7 Å². The van der Waals surface area contributed by atoms with Crippen molar-refractivity contribution in [3.63, 3.8) is 0 Å². The summed E-state index contributed by atoms with van der Waals surface area (Å²) in [5.41, 5.74) is 0.906. The smallest absolute Gasteiger partial charge is 0.189 e. The van der Waals surface area contributed by atoms with Gasteiger partial charge in [0, 0.05) is 11.5 Å². The van der Waals surface area contributed by atoms with E-state index in [0.717, 1.165) is 0 Å². The van der Waals surface area contributed by atoms with Gasteiger partial charge in [-0.05, 0) is 12.1 Å². The van der Waals surface area contributed by atoms with Crippen LogP contribution >= 0.6 is 0 Å². The highest BCUT2D eigenvalue weighted by Crippen LogP contribution is 2.30. The third kappa shape index (κ3) is 1.93. The molecule has 0 saturated carbocycles. The molecule has 0 saturated heterocycles. The highest BCUT2D eigenvalue weighted by Gasteiger charge is 2.22. The van der Waals surface area contributed by atoms with E-state index >= 15 is 0 Å². The largest absolute Gasteiger partial charge is 0.466 e. The van der Waals surface area contributed by atoms with Crippen LogP contribution in [-0.2, 0) is 11.3 Å². The number of rotatable bonds is 2. The summed E-state index contributed by atoms with van der Waals surface area (Å²) in [5, 5.41) is 0. The molecule has 1 aliphatic rings. The molecule has 86 valence electrons. The van der Waals surface area contributed by atoms with Crippen LogP contribution in [0.1, 0.15) is 29.8 Å². The zero-order chi connectivity index (χ0) is 11.7. The molecule has 3 nitrogen and oxygen atoms in total. The zero-order valence-corrected chi connectivity index (χ0v) is 9.25. The SMILES string of the molecule is CC(C)C(=O)c1cc(F)cc2c1OCOC2. The topological polar surface area (TPSA) is 35.5 Å². The molecular formula is C12H13FO3. The Kier molecular flexibility index (Phi) is 2.92. The van der Waals surface area contributed by atoms with Gasteiger partial charge >= 0.3 is 0 Å². The molecule has 0 amide bonds. The van der Waals surface area contributed by atoms with Crippen molar-refractivity contribution in [1.29, 1.82) is 0 Å². The van der Waals surface area contributed by atoms with Gasteiger partial charge in [0.05, 0.1) is 12.2 Å². The van der Waals surface area contributed by atoms with Crippen LogP contribution < -0.4 is 4.74 Å². The molecule has 0 spiro atoms. The van der Waals surface area contributed by atoms with E-state index in [-0.39, 0.29) is 25.1 Å². The molecule has 1 aromatic rings. The second kappa shape index (κ2) is 4.22. The Hall–Kier alpha value is -1.42. The Balaban J connectivity index is 2.51. The number of carbonyl (C=O) groups is 1. The molecule has 2 rings (SSSR count). The van der Waals surface area contributed by atoms with Gasteiger partial charge in [0.15, 0.2) is 12.6 Å². The molecule has 4 heteroatoms. The van der Waals surface area contributed by atoms with E-state index in [0.29, 0.717) is 16.9 Å². The second-order valence-corrected chi connectivity index (χ2v) is 4.07. The van der Waals surface area contributed by atoms with E-state index in [9.17, 15) is 9.18 Å². The van der Waals surface area contributed by atoms with Gasteiger partial charge in [0.25, 0.3) is 0 Å². The van der Waals surface area contributed by atoms with Crippen molar-refractivity contribution in [3.8, 4) is 5.75 Å². The van der Waals surface area contributed by atoms with E-state index in [1.54, 1.807) is 13.8 Å². The first kappa shape index (κ1) is 11.1. The van der Waals surface area contributed by atoms with Crippen LogP contribution in [0.3, 0.4) is 0 Å². The van der Waals surface area contributed by atoms with Crippen LogP contribution in [0.25, 0.3) is 0 Å². The minimum atomic E-state index is -0.433. The van der Waals surface area contributed by atoms with Crippen molar-refractivity contribution in [1.82, 2.24) is 0 Å². The Labute approximate surface area is 93.2 Å². The average Bonchev–Trinajstić information content (AvgIpc) is 2.26. The van der Waals surface area contributed by atoms with E-state index in [1.165, 1.54) is 12.1 Å². The van der Waals surface area contributed by atoms with Crippen LogP contribution in [0.4, 0.5) is 4.39 Å². The summed E-state index contributed by atoms with van der Waals surface area (Å²) in [6, 6.07) is 2.57. The molecule has 0 radical (unpaired) electrons. The lowest BCUT2D eigenvalue weighted by Gasteiger charge is -2.20. The molecular weight excluding hydrogens is 211 g/mol. The predicted octanol–water partition coefficient (Wildman–Crippen LogP) is 2.53. The lowest BCUT2D eigenvalue weighted by atomic mass is 9.97. The molecule has 1 aliphatic heterocycles. The highest BCUT2D eigenvalue weighted by molar-refractivity contribution is 6.00. The number of ether oxygens (including phenoxy) is 2. The third-order valence-electron chi connectivity index (χ3n) is 2.46. The van der Waals surface area contributed by atoms with E-state index in [2.05, 4.69) is 0 Å². The molecule has 0 aliphatic carbocycles. The molecule has 0 fully saturated rings. The second-order valence-electron chi connectivity index (χ2n) is 4.07. The number of hydrogen-bond donors (Lipinski definition) is 0. The normalized spacial score (nSPS) is 14.5. The van der Waals surface area contributed by atoms with Crippen molar-refractivity contribution in [2.24, 2.45) is 5.92 Å². The first-order valence-corrected chi connectivity index (χ1v) is 5.16. The fourth-order valence-electron chi connectivity index (χ4n) is 1.67. The summed E-state index contributed by atoms with van der Waals surface area (Å²) in [7, 11) is 0. The van der Waals surface area contributed by atoms with Crippen molar-refractivity contribution in [3.05, 3.63) is 29.1 Å². The molecule has 0 N–H and O–H groups in total. The minimum Gasteiger partial charge on any atom is -0.466 e. The van der Waals surface area contributed by atoms with Crippen LogP contribution in [0, 0.1) is 11.7 Å². The Morgan fingerprint density at radius 2 is 2.19 bits per heavy atom. The number of hydrogen-bond acceptors (Lipinski definition) is 3. The summed E-state index contributed by atoms with van der Waals surface area (Å²) < 4.78 is 23.6. The van der Waals surface area contributed by atoms with Crippen molar-refractivity contribution in [2.45, 2.75) is 20.5 Å². The van der Waals surface area contributed by atoms with E-state index in [4.69, 9.17) is 9.47 Å². The summed E-state index contributed by atoms with van der Waals surface area (Å²) in [6.07, 6.45) is 0. The van der Waals surface area contributed by atoms with Gasteiger partial charge in [0.2, 0.25) is 0 Å². The first-order chi connectivity index (χ1) is 7.59. The Morgan fingerprint density at radius 1 is 1.44 bits per heavy atom. The van der Waals surface area contributed by atoms with Gasteiger partial charge in [-0.3, -0.25) is 4.79 Å². The zero-order valence-electron chi connectivity index (χ0n) is 9.25. The Morgan fingerprint density at radius 3 is 2.88 bits per heavy atom. The number of ketones is 1. The fraction of sp³-hybridized carbons (Fsp3) is 0.417. The highest BCUT2D eigenvalue weighted by atomic mass is 19.1. The molecule has 0 bridgehead atoms. The summed E-state index contributed by atoms with van der Waals surface area (Å²) in [5.74, 6) is -0.266. The van der Waals surface area contributed by atoms with Gasteiger partial charge < -0.3 is 9.47 Å². The summed E-state index contributed by atoms with van der Waals surface area (Å²) >= 11 is 0.